The van der Waals surface area contributed by atoms with Gasteiger partial charge in [-0.2, -0.15) is 11.3 Å². The highest BCUT2D eigenvalue weighted by molar-refractivity contribution is 9.10. The highest BCUT2D eigenvalue weighted by Gasteiger charge is 2.16. The molecule has 2 rings (SSSR count). The summed E-state index contributed by atoms with van der Waals surface area (Å²) in [6, 6.07) is 0. The number of hydrogen-bond donors (Lipinski definition) is 0. The van der Waals surface area contributed by atoms with Gasteiger partial charge in [-0.3, -0.25) is 4.79 Å². The van der Waals surface area contributed by atoms with Crippen LogP contribution in [0.5, 0.6) is 0 Å². The predicted molar refractivity (Wildman–Crippen MR) is 72.2 cm³/mol. The largest absolute Gasteiger partial charge is 0.294 e. The third-order valence-corrected chi connectivity index (χ3v) is 5.12. The maximum Gasteiger partial charge on any atom is 0.164 e. The molecule has 0 aromatic carbocycles. The van der Waals surface area contributed by atoms with Crippen molar-refractivity contribution in [1.29, 1.82) is 0 Å². The van der Waals surface area contributed by atoms with Crippen LogP contribution in [-0.4, -0.2) is 5.78 Å². The standard InChI is InChI=1S/C13H17BrOS/c14-12-9-16-8-11(12)13(15)7-6-10-4-2-1-3-5-10/h8-10H,1-7H2. The van der Waals surface area contributed by atoms with Gasteiger partial charge in [-0.05, 0) is 28.3 Å². The molecule has 88 valence electrons. The van der Waals surface area contributed by atoms with Gasteiger partial charge in [0.05, 0.1) is 0 Å². The molecule has 1 heterocycles. The van der Waals surface area contributed by atoms with Crippen LogP contribution < -0.4 is 0 Å². The van der Waals surface area contributed by atoms with Crippen LogP contribution in [0.4, 0.5) is 0 Å². The maximum absolute atomic E-state index is 11.9. The summed E-state index contributed by atoms with van der Waals surface area (Å²) >= 11 is 5.01. The zero-order chi connectivity index (χ0) is 11.4. The van der Waals surface area contributed by atoms with E-state index < -0.39 is 0 Å². The number of thiophene rings is 1. The highest BCUT2D eigenvalue weighted by Crippen LogP contribution is 2.29. The number of hydrogen-bond acceptors (Lipinski definition) is 2. The quantitative estimate of drug-likeness (QED) is 0.711. The average Bonchev–Trinajstić information content (AvgIpc) is 2.74. The number of carbonyl (C=O) groups is 1. The van der Waals surface area contributed by atoms with Gasteiger partial charge < -0.3 is 0 Å². The summed E-state index contributed by atoms with van der Waals surface area (Å²) in [5, 5.41) is 3.93. The van der Waals surface area contributed by atoms with Crippen LogP contribution in [0.3, 0.4) is 0 Å². The first-order chi connectivity index (χ1) is 7.77. The molecule has 0 bridgehead atoms. The first-order valence-corrected chi connectivity index (χ1v) is 7.76. The monoisotopic (exact) mass is 300 g/mol. The van der Waals surface area contributed by atoms with Crippen molar-refractivity contribution in [2.24, 2.45) is 5.92 Å². The Bertz CT molecular complexity index is 353. The minimum atomic E-state index is 0.304. The molecule has 0 amide bonds. The van der Waals surface area contributed by atoms with Crippen LogP contribution in [0, 0.1) is 5.92 Å². The van der Waals surface area contributed by atoms with Crippen molar-refractivity contribution in [3.8, 4) is 0 Å². The molecule has 1 fully saturated rings. The molecule has 1 aromatic rings. The molecule has 1 saturated carbocycles. The lowest BCUT2D eigenvalue weighted by Gasteiger charge is -2.20. The molecule has 3 heteroatoms. The van der Waals surface area contributed by atoms with Gasteiger partial charge in [0.1, 0.15) is 0 Å². The van der Waals surface area contributed by atoms with Crippen molar-refractivity contribution >= 4 is 33.0 Å². The summed E-state index contributed by atoms with van der Waals surface area (Å²) in [7, 11) is 0. The van der Waals surface area contributed by atoms with Crippen LogP contribution in [0.15, 0.2) is 15.2 Å². The fourth-order valence-corrected chi connectivity index (χ4v) is 3.95. The third kappa shape index (κ3) is 3.17. The van der Waals surface area contributed by atoms with Crippen LogP contribution >= 0.6 is 27.3 Å². The first kappa shape index (κ1) is 12.3. The summed E-state index contributed by atoms with van der Waals surface area (Å²) in [6.07, 6.45) is 8.58. The summed E-state index contributed by atoms with van der Waals surface area (Å²) in [6.45, 7) is 0. The molecular weight excluding hydrogens is 284 g/mol. The van der Waals surface area contributed by atoms with Crippen molar-refractivity contribution < 1.29 is 4.79 Å². The van der Waals surface area contributed by atoms with E-state index in [4.69, 9.17) is 0 Å². The second kappa shape index (κ2) is 5.97. The van der Waals surface area contributed by atoms with E-state index in [0.29, 0.717) is 5.78 Å². The fraction of sp³-hybridized carbons (Fsp3) is 0.615. The Morgan fingerprint density at radius 1 is 1.31 bits per heavy atom. The Morgan fingerprint density at radius 2 is 2.06 bits per heavy atom. The van der Waals surface area contributed by atoms with Crippen LogP contribution in [0.2, 0.25) is 0 Å². The molecule has 0 unspecified atom stereocenters. The number of Topliss-reactive ketones (excluding diaryl/α,β-unsaturated/α-hetero) is 1. The predicted octanol–water partition coefficient (Wildman–Crippen LogP) is 5.05. The molecule has 1 aliphatic rings. The van der Waals surface area contributed by atoms with Gasteiger partial charge in [0.2, 0.25) is 0 Å². The Hall–Kier alpha value is -0.150. The van der Waals surface area contributed by atoms with E-state index in [1.54, 1.807) is 11.3 Å². The van der Waals surface area contributed by atoms with E-state index in [0.717, 1.165) is 28.8 Å². The van der Waals surface area contributed by atoms with Crippen molar-refractivity contribution in [1.82, 2.24) is 0 Å². The van der Waals surface area contributed by atoms with Crippen LogP contribution in [-0.2, 0) is 0 Å². The molecule has 0 spiro atoms. The van der Waals surface area contributed by atoms with E-state index in [9.17, 15) is 4.79 Å². The smallest absolute Gasteiger partial charge is 0.164 e. The highest BCUT2D eigenvalue weighted by atomic mass is 79.9. The summed E-state index contributed by atoms with van der Waals surface area (Å²) in [4.78, 5) is 11.9. The minimum Gasteiger partial charge on any atom is -0.294 e. The van der Waals surface area contributed by atoms with E-state index >= 15 is 0 Å². The van der Waals surface area contributed by atoms with Gasteiger partial charge in [-0.25, -0.2) is 0 Å². The first-order valence-electron chi connectivity index (χ1n) is 6.02. The topological polar surface area (TPSA) is 17.1 Å². The van der Waals surface area contributed by atoms with Crippen molar-refractivity contribution in [2.45, 2.75) is 44.9 Å². The van der Waals surface area contributed by atoms with E-state index in [-0.39, 0.29) is 0 Å². The average molecular weight is 301 g/mol. The minimum absolute atomic E-state index is 0.304. The Kier molecular flexibility index (Phi) is 4.59. The second-order valence-electron chi connectivity index (χ2n) is 4.60. The number of carbonyl (C=O) groups excluding carboxylic acids is 1. The lowest BCUT2D eigenvalue weighted by Crippen LogP contribution is -2.09. The summed E-state index contributed by atoms with van der Waals surface area (Å²) in [5.41, 5.74) is 0.876. The lowest BCUT2D eigenvalue weighted by atomic mass is 9.85. The van der Waals surface area contributed by atoms with Gasteiger partial charge in [0, 0.05) is 27.2 Å². The fourth-order valence-electron chi connectivity index (χ4n) is 2.43. The summed E-state index contributed by atoms with van der Waals surface area (Å²) in [5.74, 6) is 1.11. The van der Waals surface area contributed by atoms with Gasteiger partial charge in [-0.15, -0.1) is 0 Å². The Balaban J connectivity index is 1.81. The number of ketones is 1. The SMILES string of the molecule is O=C(CCC1CCCCC1)c1cscc1Br. The van der Waals surface area contributed by atoms with Crippen molar-refractivity contribution in [3.63, 3.8) is 0 Å². The third-order valence-electron chi connectivity index (χ3n) is 3.42. The zero-order valence-electron chi connectivity index (χ0n) is 9.38. The molecule has 16 heavy (non-hydrogen) atoms. The zero-order valence-corrected chi connectivity index (χ0v) is 11.8. The molecule has 0 N–H and O–H groups in total. The van der Waals surface area contributed by atoms with Crippen LogP contribution in [0.25, 0.3) is 0 Å². The number of halogens is 1. The van der Waals surface area contributed by atoms with Crippen molar-refractivity contribution in [2.75, 3.05) is 0 Å². The lowest BCUT2D eigenvalue weighted by molar-refractivity contribution is 0.0970. The van der Waals surface area contributed by atoms with Gasteiger partial charge in [-0.1, -0.05) is 32.1 Å². The molecule has 0 radical (unpaired) electrons. The molecule has 1 nitrogen and oxygen atoms in total. The summed E-state index contributed by atoms with van der Waals surface area (Å²) < 4.78 is 0.964. The molecular formula is C13H17BrOS. The Morgan fingerprint density at radius 3 is 2.69 bits per heavy atom. The number of rotatable bonds is 4. The Labute approximate surface area is 109 Å². The van der Waals surface area contributed by atoms with Gasteiger partial charge in [0.15, 0.2) is 5.78 Å². The van der Waals surface area contributed by atoms with Crippen LogP contribution in [0.1, 0.15) is 55.3 Å². The molecule has 0 saturated heterocycles. The maximum atomic E-state index is 11.9. The normalized spacial score (nSPS) is 17.6. The van der Waals surface area contributed by atoms with Gasteiger partial charge in [0.25, 0.3) is 0 Å². The van der Waals surface area contributed by atoms with Crippen molar-refractivity contribution in [3.05, 3.63) is 20.8 Å². The van der Waals surface area contributed by atoms with E-state index in [1.165, 1.54) is 32.1 Å². The van der Waals surface area contributed by atoms with Gasteiger partial charge >= 0.3 is 0 Å². The van der Waals surface area contributed by atoms with E-state index in [1.807, 2.05) is 10.8 Å². The second-order valence-corrected chi connectivity index (χ2v) is 6.20. The molecule has 0 aliphatic heterocycles. The molecule has 0 atom stereocenters. The molecule has 1 aliphatic carbocycles. The van der Waals surface area contributed by atoms with E-state index in [2.05, 4.69) is 15.9 Å². The molecule has 1 aromatic heterocycles.